The number of likely N-dealkylation sites (tertiary alicyclic amines) is 4. The van der Waals surface area contributed by atoms with Crippen LogP contribution in [0, 0.1) is 28.9 Å². The van der Waals surface area contributed by atoms with Crippen molar-refractivity contribution in [3.05, 3.63) is 89.3 Å². The summed E-state index contributed by atoms with van der Waals surface area (Å²) < 4.78 is 38.7. The van der Waals surface area contributed by atoms with Crippen LogP contribution in [0.2, 0.25) is 0 Å². The summed E-state index contributed by atoms with van der Waals surface area (Å²) in [7, 11) is 3.62. The summed E-state index contributed by atoms with van der Waals surface area (Å²) in [5.74, 6) is 1.18. The number of hydrogen-bond donors (Lipinski definition) is 2. The van der Waals surface area contributed by atoms with Gasteiger partial charge >= 0.3 is 0 Å². The Morgan fingerprint density at radius 1 is 0.824 bits per heavy atom. The van der Waals surface area contributed by atoms with Crippen LogP contribution in [0.4, 0.5) is 20.4 Å². The Balaban J connectivity index is 0.581. The Kier molecular flexibility index (Phi) is 17.0. The maximum absolute atomic E-state index is 16.1. The second-order valence-electron chi connectivity index (χ2n) is 24.3. The summed E-state index contributed by atoms with van der Waals surface area (Å²) in [6, 6.07) is 16.3. The number of benzene rings is 3. The molecule has 1 saturated carbocycles. The van der Waals surface area contributed by atoms with Crippen molar-refractivity contribution in [2.45, 2.75) is 103 Å². The van der Waals surface area contributed by atoms with E-state index in [1.165, 1.54) is 29.4 Å². The maximum Gasteiger partial charge on any atom is 0.244 e. The lowest BCUT2D eigenvalue weighted by atomic mass is 9.56. The summed E-state index contributed by atoms with van der Waals surface area (Å²) in [5, 5.41) is 11.9. The largest absolute Gasteiger partial charge is 0.368 e. The first-order valence-electron chi connectivity index (χ1n) is 30.3. The number of anilines is 2. The molecule has 4 saturated heterocycles. The van der Waals surface area contributed by atoms with Crippen LogP contribution in [0.25, 0.3) is 54.8 Å². The fourth-order valence-corrected chi connectivity index (χ4v) is 15.5. The predicted molar refractivity (Wildman–Crippen MR) is 329 cm³/mol. The number of rotatable bonds is 18. The first kappa shape index (κ1) is 58.3. The normalized spacial score (nSPS) is 18.1. The fraction of sp³-hybridized carbons (Fsp3) is 0.508. The molecule has 5 fully saturated rings. The minimum absolute atomic E-state index is 0.00131. The quantitative estimate of drug-likeness (QED) is 0.0609. The molecule has 1 aliphatic carbocycles. The molecule has 3 N–H and O–H groups in total. The second-order valence-corrected chi connectivity index (χ2v) is 26.2. The minimum atomic E-state index is -0.364. The first-order chi connectivity index (χ1) is 41.2. The lowest BCUT2D eigenvalue weighted by Gasteiger charge is -2.59. The third kappa shape index (κ3) is 12.0. The van der Waals surface area contributed by atoms with Crippen molar-refractivity contribution in [3.63, 3.8) is 0 Å². The molecule has 3 aromatic carbocycles. The number of thiazole rings is 1. The molecule has 7 aromatic rings. The van der Waals surface area contributed by atoms with E-state index in [0.29, 0.717) is 79.9 Å². The van der Waals surface area contributed by atoms with Crippen molar-refractivity contribution in [1.82, 2.24) is 59.0 Å². The number of aryl methyl sites for hydroxylation is 1. The van der Waals surface area contributed by atoms with Gasteiger partial charge in [-0.1, -0.05) is 37.1 Å². The Hall–Kier alpha value is -7.04. The Bertz CT molecular complexity index is 3620. The van der Waals surface area contributed by atoms with Gasteiger partial charge in [0.1, 0.15) is 12.4 Å². The van der Waals surface area contributed by atoms with E-state index in [-0.39, 0.29) is 83.8 Å². The van der Waals surface area contributed by atoms with Gasteiger partial charge in [0.15, 0.2) is 5.82 Å². The SMILES string of the molecule is CCCSNc1cccc(-c2nc(C3CCN(C(=O)C4CCN(CC5CCN(C(=O)CCC(=O)N6CC7(CC(c8nn(CC(=O)N(C)CC)c9cccc(-c%10cc%11c(cnn%11C)cc%10F)c89)C7)C6)CC5)CC4)CC3)sc2-c2ccnc(N)n2)c1F. The molecule has 12 rings (SSSR count). The molecule has 448 valence electrons. The smallest absolute Gasteiger partial charge is 0.244 e. The molecular weight excluding hydrogens is 1120 g/mol. The van der Waals surface area contributed by atoms with E-state index in [0.717, 1.165) is 126 Å². The molecule has 0 unspecified atom stereocenters. The summed E-state index contributed by atoms with van der Waals surface area (Å²) in [6.45, 7) is 11.3. The van der Waals surface area contributed by atoms with Gasteiger partial charge in [-0.25, -0.2) is 23.7 Å². The zero-order valence-electron chi connectivity index (χ0n) is 49.1. The molecule has 0 bridgehead atoms. The average Bonchev–Trinajstić information content (AvgIpc) is 1.83. The van der Waals surface area contributed by atoms with E-state index in [4.69, 9.17) is 15.8 Å². The number of likely N-dealkylation sites (N-methyl/N-ethyl adjacent to an activating group) is 1. The van der Waals surface area contributed by atoms with Crippen molar-refractivity contribution >= 4 is 80.4 Å². The van der Waals surface area contributed by atoms with Gasteiger partial charge in [-0.3, -0.25) is 28.5 Å². The zero-order chi connectivity index (χ0) is 59.1. The van der Waals surface area contributed by atoms with Crippen LogP contribution in [0.1, 0.15) is 107 Å². The molecule has 4 aliphatic heterocycles. The van der Waals surface area contributed by atoms with Gasteiger partial charge in [-0.15, -0.1) is 11.3 Å². The van der Waals surface area contributed by atoms with Crippen LogP contribution >= 0.6 is 23.3 Å². The lowest BCUT2D eigenvalue weighted by molar-refractivity contribution is -0.153. The minimum Gasteiger partial charge on any atom is -0.368 e. The Labute approximate surface area is 503 Å². The fourth-order valence-electron chi connectivity index (χ4n) is 13.7. The number of nitrogens with two attached hydrogens (primary N) is 1. The number of halogens is 2. The summed E-state index contributed by atoms with van der Waals surface area (Å²) in [6.07, 6.45) is 11.3. The molecule has 8 heterocycles. The van der Waals surface area contributed by atoms with Gasteiger partial charge in [0.25, 0.3) is 0 Å². The molecular formula is C63H76F2N14O4S2. The molecule has 18 nitrogen and oxygen atoms in total. The summed E-state index contributed by atoms with van der Waals surface area (Å²) in [5.41, 5.74) is 11.6. The van der Waals surface area contributed by atoms with Gasteiger partial charge in [-0.05, 0) is 126 Å². The molecule has 22 heteroatoms. The van der Waals surface area contributed by atoms with Crippen LogP contribution in [-0.4, -0.2) is 161 Å². The number of fused-ring (bicyclic) bond motifs is 2. The van der Waals surface area contributed by atoms with Gasteiger partial charge in [0.05, 0.1) is 49.9 Å². The zero-order valence-corrected chi connectivity index (χ0v) is 50.7. The summed E-state index contributed by atoms with van der Waals surface area (Å²) >= 11 is 2.99. The highest BCUT2D eigenvalue weighted by Gasteiger charge is 2.55. The molecule has 5 aliphatic rings. The van der Waals surface area contributed by atoms with Gasteiger partial charge in [-0.2, -0.15) is 10.2 Å². The molecule has 0 radical (unpaired) electrons. The van der Waals surface area contributed by atoms with Crippen LogP contribution in [-0.2, 0) is 32.8 Å². The van der Waals surface area contributed by atoms with E-state index >= 15 is 8.78 Å². The topological polar surface area (TPSA) is 197 Å². The van der Waals surface area contributed by atoms with E-state index in [9.17, 15) is 19.2 Å². The van der Waals surface area contributed by atoms with Crippen LogP contribution in [0.15, 0.2) is 67.0 Å². The van der Waals surface area contributed by atoms with Gasteiger partial charge in [0.2, 0.25) is 29.6 Å². The number of piperidine rings is 3. The highest BCUT2D eigenvalue weighted by molar-refractivity contribution is 8.00. The molecule has 0 atom stereocenters. The third-order valence-electron chi connectivity index (χ3n) is 18.7. The Morgan fingerprint density at radius 3 is 2.27 bits per heavy atom. The number of carbonyl (C=O) groups is 4. The van der Waals surface area contributed by atoms with Crippen molar-refractivity contribution in [1.29, 1.82) is 0 Å². The highest BCUT2D eigenvalue weighted by atomic mass is 32.2. The number of carbonyl (C=O) groups excluding carboxylic acids is 4. The van der Waals surface area contributed by atoms with Crippen molar-refractivity contribution in [3.8, 4) is 33.0 Å². The van der Waals surface area contributed by atoms with Crippen LogP contribution < -0.4 is 10.5 Å². The van der Waals surface area contributed by atoms with E-state index in [2.05, 4.69) is 31.6 Å². The monoisotopic (exact) mass is 1190 g/mol. The number of aromatic nitrogens is 7. The molecule has 4 aromatic heterocycles. The number of hydrogen-bond acceptors (Lipinski definition) is 14. The molecule has 4 amide bonds. The second kappa shape index (κ2) is 24.7. The summed E-state index contributed by atoms with van der Waals surface area (Å²) in [4.78, 5) is 78.7. The standard InChI is InChI=1S/C63H76F2N14O4S2/c1-5-29-84-72-48-11-7-10-45(56(48)65)58-59(49-15-22-67-62(66)69-49)85-60(70-58)40-20-27-77(28-21-40)61(83)41-18-23-75(24-19-41)35-39-16-25-76(26-17-39)52(80)13-14-53(81)78-37-63(38-78)32-43(33-63)57-55-44(46-31-51-42(30-47(46)64)34-68-74(51)4)9-8-12-50(55)79(71-57)36-54(82)73(3)6-2/h7-12,15,22,30-31,34,39-41,43,72H,5-6,13-14,16-21,23-29,32-33,35-38H2,1-4H3,(H2,66,67,69). The lowest BCUT2D eigenvalue weighted by Crippen LogP contribution is -2.63. The van der Waals surface area contributed by atoms with Crippen molar-refractivity contribution in [2.24, 2.45) is 24.3 Å². The highest BCUT2D eigenvalue weighted by Crippen LogP contribution is 2.57. The van der Waals surface area contributed by atoms with Crippen LogP contribution in [0.3, 0.4) is 0 Å². The van der Waals surface area contributed by atoms with Gasteiger partial charge < -0.3 is 35.0 Å². The van der Waals surface area contributed by atoms with Gasteiger partial charge in [0, 0.05) is 136 Å². The predicted octanol–water partition coefficient (Wildman–Crippen LogP) is 9.82. The van der Waals surface area contributed by atoms with Crippen LogP contribution in [0.5, 0.6) is 0 Å². The molecule has 85 heavy (non-hydrogen) atoms. The average molecular weight is 1200 g/mol. The maximum atomic E-state index is 16.1. The van der Waals surface area contributed by atoms with E-state index in [1.807, 2.05) is 59.0 Å². The Morgan fingerprint density at radius 2 is 1.54 bits per heavy atom. The number of nitrogens with zero attached hydrogens (tertiary/aromatic N) is 12. The van der Waals surface area contributed by atoms with Crippen molar-refractivity contribution < 1.29 is 28.0 Å². The number of nitrogens with one attached hydrogen (secondary N) is 1. The third-order valence-corrected chi connectivity index (χ3v) is 20.9. The van der Waals surface area contributed by atoms with E-state index < -0.39 is 0 Å². The van der Waals surface area contributed by atoms with E-state index in [1.54, 1.807) is 51.9 Å². The van der Waals surface area contributed by atoms with Crippen molar-refractivity contribution in [2.75, 3.05) is 88.7 Å². The molecule has 1 spiro atoms. The number of nitrogen functional groups attached to an aromatic ring is 1. The first-order valence-corrected chi connectivity index (χ1v) is 32.1. The number of amides is 4.